The standard InChI is InChI=1S/C28H19F2N7O2/c1-3-16-18(30)11-15(12-21(16)38)28(2)22-23(31)34-24(35-25(22)36-27(28)39)20-13-37-9-8-32-26(37)19(33-20)10-14-6-4-5-7-17(14)29/h1,4-9,11-13,38H,10H2,2H3,(H3,31,34,35,36,39). The molecule has 4 N–H and O–H groups in total. The summed E-state index contributed by atoms with van der Waals surface area (Å²) in [7, 11) is 0. The Kier molecular flexibility index (Phi) is 5.29. The molecular formula is C28H19F2N7O2. The summed E-state index contributed by atoms with van der Waals surface area (Å²) in [6, 6.07) is 8.69. The highest BCUT2D eigenvalue weighted by atomic mass is 19.1. The van der Waals surface area contributed by atoms with E-state index in [0.29, 0.717) is 22.6 Å². The van der Waals surface area contributed by atoms with E-state index in [-0.39, 0.29) is 46.4 Å². The van der Waals surface area contributed by atoms with E-state index in [1.54, 1.807) is 41.2 Å². The minimum absolute atomic E-state index is 0.0417. The fourth-order valence-corrected chi connectivity index (χ4v) is 4.87. The number of nitrogens with zero attached hydrogens (tertiary/aromatic N) is 5. The zero-order chi connectivity index (χ0) is 27.5. The van der Waals surface area contributed by atoms with Crippen molar-refractivity contribution in [2.24, 2.45) is 0 Å². The van der Waals surface area contributed by atoms with Crippen LogP contribution in [0.15, 0.2) is 55.0 Å². The molecule has 1 aliphatic heterocycles. The van der Waals surface area contributed by atoms with Gasteiger partial charge in [-0.05, 0) is 36.2 Å². The summed E-state index contributed by atoms with van der Waals surface area (Å²) < 4.78 is 30.7. The molecule has 1 aliphatic rings. The molecular weight excluding hydrogens is 504 g/mol. The quantitative estimate of drug-likeness (QED) is 0.307. The Morgan fingerprint density at radius 1 is 1.18 bits per heavy atom. The molecule has 4 heterocycles. The van der Waals surface area contributed by atoms with Gasteiger partial charge in [0.15, 0.2) is 11.5 Å². The minimum Gasteiger partial charge on any atom is -0.507 e. The van der Waals surface area contributed by atoms with E-state index in [1.807, 2.05) is 0 Å². The Morgan fingerprint density at radius 3 is 2.72 bits per heavy atom. The van der Waals surface area contributed by atoms with Crippen molar-refractivity contribution in [1.82, 2.24) is 24.3 Å². The highest BCUT2D eigenvalue weighted by Gasteiger charge is 2.48. The molecule has 1 amide bonds. The highest BCUT2D eigenvalue weighted by molar-refractivity contribution is 6.09. The van der Waals surface area contributed by atoms with Crippen LogP contribution in [-0.4, -0.2) is 35.4 Å². The Hall–Kier alpha value is -5.37. The molecule has 0 aliphatic carbocycles. The Morgan fingerprint density at radius 2 is 1.97 bits per heavy atom. The summed E-state index contributed by atoms with van der Waals surface area (Å²) in [5.74, 6) is 0.0281. The van der Waals surface area contributed by atoms with Crippen molar-refractivity contribution in [3.8, 4) is 29.6 Å². The second-order valence-electron chi connectivity index (χ2n) is 9.23. The number of aromatic hydroxyl groups is 1. The molecule has 2 aromatic carbocycles. The molecule has 5 aromatic rings. The van der Waals surface area contributed by atoms with Crippen LogP contribution in [0.4, 0.5) is 20.4 Å². The van der Waals surface area contributed by atoms with Gasteiger partial charge in [0.25, 0.3) is 0 Å². The van der Waals surface area contributed by atoms with Crippen LogP contribution in [0.2, 0.25) is 0 Å². The molecule has 0 saturated carbocycles. The van der Waals surface area contributed by atoms with Crippen molar-refractivity contribution in [1.29, 1.82) is 0 Å². The predicted octanol–water partition coefficient (Wildman–Crippen LogP) is 3.58. The van der Waals surface area contributed by atoms with Crippen LogP contribution in [0.5, 0.6) is 5.75 Å². The number of nitrogen functional groups attached to an aromatic ring is 1. The van der Waals surface area contributed by atoms with Crippen LogP contribution >= 0.6 is 0 Å². The number of halogens is 2. The van der Waals surface area contributed by atoms with E-state index >= 15 is 0 Å². The largest absolute Gasteiger partial charge is 0.507 e. The number of carbonyl (C=O) groups is 1. The Labute approximate surface area is 220 Å². The highest BCUT2D eigenvalue weighted by Crippen LogP contribution is 2.46. The number of nitrogens with two attached hydrogens (primary N) is 1. The lowest BCUT2D eigenvalue weighted by Gasteiger charge is -2.24. The third-order valence-electron chi connectivity index (χ3n) is 6.90. The predicted molar refractivity (Wildman–Crippen MR) is 139 cm³/mol. The van der Waals surface area contributed by atoms with Gasteiger partial charge in [-0.15, -0.1) is 6.42 Å². The lowest BCUT2D eigenvalue weighted by molar-refractivity contribution is -0.119. The maximum Gasteiger partial charge on any atom is 0.240 e. The number of hydrogen-bond donors (Lipinski definition) is 3. The number of fused-ring (bicyclic) bond motifs is 2. The SMILES string of the molecule is C#Cc1c(O)cc(C2(C)C(=O)Nc3nc(-c4cn5ccnc5c(Cc5ccccc5F)n4)nc(N)c32)cc1F. The van der Waals surface area contributed by atoms with Gasteiger partial charge in [-0.25, -0.2) is 28.7 Å². The fraction of sp³-hybridized carbons (Fsp3) is 0.107. The molecule has 1 atom stereocenters. The molecule has 3 aromatic heterocycles. The van der Waals surface area contributed by atoms with Gasteiger partial charge in [0.05, 0.1) is 11.3 Å². The lowest BCUT2D eigenvalue weighted by atomic mass is 9.77. The smallest absolute Gasteiger partial charge is 0.240 e. The number of benzene rings is 2. The summed E-state index contributed by atoms with van der Waals surface area (Å²) in [4.78, 5) is 31.1. The van der Waals surface area contributed by atoms with E-state index in [9.17, 15) is 18.7 Å². The zero-order valence-corrected chi connectivity index (χ0v) is 20.4. The van der Waals surface area contributed by atoms with E-state index in [4.69, 9.17) is 12.2 Å². The summed E-state index contributed by atoms with van der Waals surface area (Å²) >= 11 is 0. The Balaban J connectivity index is 1.47. The number of phenolic OH excluding ortho intramolecular Hbond substituents is 1. The number of aromatic nitrogens is 5. The van der Waals surface area contributed by atoms with Gasteiger partial charge in [-0.1, -0.05) is 24.1 Å². The zero-order valence-electron chi connectivity index (χ0n) is 20.4. The topological polar surface area (TPSA) is 131 Å². The maximum absolute atomic E-state index is 14.6. The number of imidazole rings is 1. The molecule has 0 fully saturated rings. The molecule has 11 heteroatoms. The lowest BCUT2D eigenvalue weighted by Crippen LogP contribution is -2.33. The van der Waals surface area contributed by atoms with Gasteiger partial charge in [-0.3, -0.25) is 4.79 Å². The summed E-state index contributed by atoms with van der Waals surface area (Å²) in [5.41, 5.74) is 6.66. The number of nitrogens with one attached hydrogen (secondary N) is 1. The number of carbonyl (C=O) groups excluding carboxylic acids is 1. The first-order chi connectivity index (χ1) is 18.7. The van der Waals surface area contributed by atoms with Crippen LogP contribution < -0.4 is 11.1 Å². The third kappa shape index (κ3) is 3.65. The molecule has 6 rings (SSSR count). The number of hydrogen-bond acceptors (Lipinski definition) is 7. The molecule has 0 saturated heterocycles. The van der Waals surface area contributed by atoms with Crippen LogP contribution in [0.3, 0.4) is 0 Å². The monoisotopic (exact) mass is 523 g/mol. The van der Waals surface area contributed by atoms with Gasteiger partial charge in [-0.2, -0.15) is 0 Å². The van der Waals surface area contributed by atoms with Crippen molar-refractivity contribution < 1.29 is 18.7 Å². The Bertz CT molecular complexity index is 1860. The first-order valence-corrected chi connectivity index (χ1v) is 11.8. The second kappa shape index (κ2) is 8.59. The van der Waals surface area contributed by atoms with Gasteiger partial charge in [0.1, 0.15) is 45.7 Å². The van der Waals surface area contributed by atoms with Gasteiger partial charge < -0.3 is 20.6 Å². The second-order valence-corrected chi connectivity index (χ2v) is 9.23. The first-order valence-electron chi connectivity index (χ1n) is 11.8. The average Bonchev–Trinajstić information content (AvgIpc) is 3.48. The van der Waals surface area contributed by atoms with Gasteiger partial charge in [0.2, 0.25) is 5.91 Å². The molecule has 0 radical (unpaired) electrons. The van der Waals surface area contributed by atoms with Crippen LogP contribution in [0, 0.1) is 24.0 Å². The normalized spacial score (nSPS) is 16.2. The van der Waals surface area contributed by atoms with Gasteiger partial charge >= 0.3 is 0 Å². The molecule has 1 unspecified atom stereocenters. The molecule has 0 bridgehead atoms. The third-order valence-corrected chi connectivity index (χ3v) is 6.90. The maximum atomic E-state index is 14.6. The molecule has 192 valence electrons. The van der Waals surface area contributed by atoms with Crippen LogP contribution in [-0.2, 0) is 16.6 Å². The van der Waals surface area contributed by atoms with E-state index in [2.05, 4.69) is 31.2 Å². The fourth-order valence-electron chi connectivity index (χ4n) is 4.87. The molecule has 0 spiro atoms. The van der Waals surface area contributed by atoms with Crippen molar-refractivity contribution in [3.63, 3.8) is 0 Å². The van der Waals surface area contributed by atoms with Crippen molar-refractivity contribution in [3.05, 3.63) is 94.6 Å². The summed E-state index contributed by atoms with van der Waals surface area (Å²) in [6.45, 7) is 1.53. The summed E-state index contributed by atoms with van der Waals surface area (Å²) in [6.07, 6.45) is 10.4. The molecule has 9 nitrogen and oxygen atoms in total. The van der Waals surface area contributed by atoms with Crippen molar-refractivity contribution >= 4 is 23.2 Å². The van der Waals surface area contributed by atoms with Crippen molar-refractivity contribution in [2.75, 3.05) is 11.1 Å². The van der Waals surface area contributed by atoms with E-state index < -0.39 is 22.9 Å². The first kappa shape index (κ1) is 24.0. The van der Waals surface area contributed by atoms with Gasteiger partial charge in [0, 0.05) is 25.0 Å². The summed E-state index contributed by atoms with van der Waals surface area (Å²) in [5, 5.41) is 12.9. The number of anilines is 2. The number of phenols is 1. The number of rotatable bonds is 4. The molecule has 39 heavy (non-hydrogen) atoms. The van der Waals surface area contributed by atoms with Crippen molar-refractivity contribution in [2.45, 2.75) is 18.8 Å². The number of amides is 1. The van der Waals surface area contributed by atoms with Crippen LogP contribution in [0.25, 0.3) is 17.2 Å². The van der Waals surface area contributed by atoms with E-state index in [0.717, 1.165) is 6.07 Å². The van der Waals surface area contributed by atoms with Crippen LogP contribution in [0.1, 0.15) is 34.9 Å². The van der Waals surface area contributed by atoms with E-state index in [1.165, 1.54) is 19.1 Å². The minimum atomic E-state index is -1.51. The number of terminal acetylenes is 1. The average molecular weight is 524 g/mol.